The maximum atomic E-state index is 12.2. The number of hydrogen-bond donors (Lipinski definition) is 5. The van der Waals surface area contributed by atoms with E-state index in [9.17, 15) is 9.90 Å². The largest absolute Gasteiger partial charge is 0.507 e. The fourth-order valence-electron chi connectivity index (χ4n) is 4.35. The summed E-state index contributed by atoms with van der Waals surface area (Å²) >= 11 is 0. The van der Waals surface area contributed by atoms with Gasteiger partial charge in [0.2, 0.25) is 0 Å². The third-order valence-electron chi connectivity index (χ3n) is 6.10. The summed E-state index contributed by atoms with van der Waals surface area (Å²) in [5, 5.41) is 23.5. The Morgan fingerprint density at radius 2 is 1.76 bits per heavy atom. The molecule has 1 fully saturated rings. The molecule has 1 aromatic heterocycles. The summed E-state index contributed by atoms with van der Waals surface area (Å²) in [5.41, 5.74) is 10.6. The number of aryl methyl sites for hydroxylation is 2. The minimum atomic E-state index is -0.575. The molecule has 2 heterocycles. The summed E-state index contributed by atoms with van der Waals surface area (Å²) in [6.07, 6.45) is 3.88. The molecule has 0 saturated carbocycles. The summed E-state index contributed by atoms with van der Waals surface area (Å²) < 4.78 is 0. The van der Waals surface area contributed by atoms with Crippen LogP contribution in [0, 0.1) is 13.8 Å². The lowest BCUT2D eigenvalue weighted by Crippen LogP contribution is -2.29. The van der Waals surface area contributed by atoms with E-state index in [0.717, 1.165) is 42.0 Å². The van der Waals surface area contributed by atoms with Crippen LogP contribution in [-0.4, -0.2) is 39.2 Å². The van der Waals surface area contributed by atoms with E-state index in [1.807, 2.05) is 38.1 Å². The molecule has 0 spiro atoms. The number of carbonyl (C=O) groups excluding carboxylic acids is 1. The second kappa shape index (κ2) is 9.95. The Morgan fingerprint density at radius 3 is 2.39 bits per heavy atom. The normalized spacial score (nSPS) is 14.2. The maximum absolute atomic E-state index is 12.2. The molecular formula is C25H32N6O2. The Labute approximate surface area is 194 Å². The van der Waals surface area contributed by atoms with Gasteiger partial charge in [0.1, 0.15) is 17.1 Å². The van der Waals surface area contributed by atoms with Crippen molar-refractivity contribution in [3.8, 4) is 5.75 Å². The lowest BCUT2D eigenvalue weighted by atomic mass is 10.1. The van der Waals surface area contributed by atoms with E-state index in [2.05, 4.69) is 37.9 Å². The predicted molar refractivity (Wildman–Crippen MR) is 131 cm³/mol. The smallest absolute Gasteiger partial charge is 0.256 e. The number of rotatable bonds is 8. The van der Waals surface area contributed by atoms with Crippen LogP contribution in [0.1, 0.15) is 51.9 Å². The Kier molecular flexibility index (Phi) is 6.84. The van der Waals surface area contributed by atoms with Crippen LogP contribution in [0.5, 0.6) is 5.75 Å². The van der Waals surface area contributed by atoms with Gasteiger partial charge in [0.05, 0.1) is 0 Å². The van der Waals surface area contributed by atoms with Gasteiger partial charge < -0.3 is 21.5 Å². The van der Waals surface area contributed by atoms with Crippen molar-refractivity contribution in [1.82, 2.24) is 15.1 Å². The van der Waals surface area contributed by atoms with Crippen LogP contribution in [0.25, 0.3) is 0 Å². The van der Waals surface area contributed by atoms with E-state index < -0.39 is 5.91 Å². The number of nitrogens with zero attached hydrogens (tertiary/aromatic N) is 2. The summed E-state index contributed by atoms with van der Waals surface area (Å²) in [5.74, 6) is 0.556. The third-order valence-corrected chi connectivity index (χ3v) is 6.10. The maximum Gasteiger partial charge on any atom is 0.256 e. The number of phenols is 1. The first-order chi connectivity index (χ1) is 15.9. The number of piperidine rings is 1. The molecule has 0 unspecified atom stereocenters. The van der Waals surface area contributed by atoms with Gasteiger partial charge in [0, 0.05) is 18.8 Å². The number of carbonyl (C=O) groups is 1. The average Bonchev–Trinajstić information content (AvgIpc) is 3.20. The minimum Gasteiger partial charge on any atom is -0.507 e. The van der Waals surface area contributed by atoms with Gasteiger partial charge in [-0.3, -0.25) is 14.8 Å². The number of aromatic amines is 1. The molecule has 8 nitrogen and oxygen atoms in total. The van der Waals surface area contributed by atoms with E-state index in [-0.39, 0.29) is 5.56 Å². The van der Waals surface area contributed by atoms with Gasteiger partial charge in [-0.05, 0) is 74.2 Å². The Hall–Kier alpha value is -3.52. The fourth-order valence-corrected chi connectivity index (χ4v) is 4.35. The molecular weight excluding hydrogens is 416 g/mol. The number of likely N-dealkylation sites (tertiary alicyclic amines) is 1. The number of benzene rings is 2. The quantitative estimate of drug-likeness (QED) is 0.353. The number of anilines is 3. The topological polar surface area (TPSA) is 119 Å². The van der Waals surface area contributed by atoms with Gasteiger partial charge in [-0.2, -0.15) is 5.10 Å². The van der Waals surface area contributed by atoms with Crippen LogP contribution in [0.2, 0.25) is 0 Å². The Morgan fingerprint density at radius 1 is 1.09 bits per heavy atom. The highest BCUT2D eigenvalue weighted by Crippen LogP contribution is 2.27. The van der Waals surface area contributed by atoms with Crippen molar-refractivity contribution in [2.24, 2.45) is 5.73 Å². The number of aromatic nitrogens is 2. The molecule has 33 heavy (non-hydrogen) atoms. The SMILES string of the molecule is Cc1cc(CNc2n[nH]c(Nc3ccc(CN4CCCCC4)cc3)c2C(N)=O)cc(C)c1O. The van der Waals surface area contributed by atoms with Crippen molar-refractivity contribution in [2.45, 2.75) is 46.2 Å². The number of hydrogen-bond acceptors (Lipinski definition) is 6. The molecule has 2 aromatic carbocycles. The number of aromatic hydroxyl groups is 1. The van der Waals surface area contributed by atoms with Crippen molar-refractivity contribution in [3.63, 3.8) is 0 Å². The van der Waals surface area contributed by atoms with Crippen molar-refractivity contribution >= 4 is 23.2 Å². The Bertz CT molecular complexity index is 1090. The molecule has 1 saturated heterocycles. The number of nitrogens with two attached hydrogens (primary N) is 1. The van der Waals surface area contributed by atoms with Crippen LogP contribution in [-0.2, 0) is 13.1 Å². The molecule has 0 atom stereocenters. The molecule has 0 aliphatic carbocycles. The molecule has 8 heteroatoms. The first kappa shape index (κ1) is 22.7. The molecule has 6 N–H and O–H groups in total. The Balaban J connectivity index is 1.43. The number of primary amides is 1. The fraction of sp³-hybridized carbons (Fsp3) is 0.360. The molecule has 0 radical (unpaired) electrons. The average molecular weight is 449 g/mol. The summed E-state index contributed by atoms with van der Waals surface area (Å²) in [6, 6.07) is 12.0. The van der Waals surface area contributed by atoms with Gasteiger partial charge in [0.25, 0.3) is 5.91 Å². The van der Waals surface area contributed by atoms with Crippen LogP contribution < -0.4 is 16.4 Å². The minimum absolute atomic E-state index is 0.277. The van der Waals surface area contributed by atoms with E-state index >= 15 is 0 Å². The number of amides is 1. The van der Waals surface area contributed by atoms with Crippen molar-refractivity contribution in [2.75, 3.05) is 23.7 Å². The second-order valence-electron chi connectivity index (χ2n) is 8.78. The molecule has 0 bridgehead atoms. The molecule has 174 valence electrons. The van der Waals surface area contributed by atoms with E-state index in [0.29, 0.717) is 23.9 Å². The lowest BCUT2D eigenvalue weighted by Gasteiger charge is -2.26. The van der Waals surface area contributed by atoms with E-state index in [1.54, 1.807) is 0 Å². The van der Waals surface area contributed by atoms with Crippen LogP contribution >= 0.6 is 0 Å². The van der Waals surface area contributed by atoms with Crippen molar-refractivity contribution in [3.05, 3.63) is 64.2 Å². The zero-order chi connectivity index (χ0) is 23.4. The van der Waals surface area contributed by atoms with Crippen LogP contribution in [0.4, 0.5) is 17.3 Å². The molecule has 4 rings (SSSR count). The molecule has 1 aliphatic rings. The number of H-pyrrole nitrogens is 1. The van der Waals surface area contributed by atoms with Gasteiger partial charge in [-0.25, -0.2) is 0 Å². The first-order valence-corrected chi connectivity index (χ1v) is 11.4. The monoisotopic (exact) mass is 448 g/mol. The van der Waals surface area contributed by atoms with Crippen LogP contribution in [0.3, 0.4) is 0 Å². The first-order valence-electron chi connectivity index (χ1n) is 11.4. The molecule has 3 aromatic rings. The highest BCUT2D eigenvalue weighted by molar-refractivity contribution is 6.03. The second-order valence-corrected chi connectivity index (χ2v) is 8.78. The summed E-state index contributed by atoms with van der Waals surface area (Å²) in [7, 11) is 0. The summed E-state index contributed by atoms with van der Waals surface area (Å²) in [6.45, 7) is 7.44. The molecule has 1 amide bonds. The van der Waals surface area contributed by atoms with Crippen molar-refractivity contribution in [1.29, 1.82) is 0 Å². The third kappa shape index (κ3) is 5.46. The van der Waals surface area contributed by atoms with Crippen molar-refractivity contribution < 1.29 is 9.90 Å². The highest BCUT2D eigenvalue weighted by Gasteiger charge is 2.19. The van der Waals surface area contributed by atoms with Gasteiger partial charge >= 0.3 is 0 Å². The van der Waals surface area contributed by atoms with E-state index in [4.69, 9.17) is 5.73 Å². The lowest BCUT2D eigenvalue weighted by molar-refractivity contribution is 0.100. The van der Waals surface area contributed by atoms with Gasteiger partial charge in [0.15, 0.2) is 5.82 Å². The zero-order valence-electron chi connectivity index (χ0n) is 19.2. The van der Waals surface area contributed by atoms with E-state index in [1.165, 1.54) is 24.8 Å². The number of phenolic OH excluding ortho intramolecular Hbond substituents is 1. The molecule has 1 aliphatic heterocycles. The highest BCUT2D eigenvalue weighted by atomic mass is 16.3. The zero-order valence-corrected chi connectivity index (χ0v) is 19.2. The standard InChI is InChI=1S/C25H32N6O2/c1-16-12-19(13-17(2)22(16)32)14-27-24-21(23(26)33)25(30-29-24)28-20-8-6-18(7-9-20)15-31-10-4-3-5-11-31/h6-9,12-13,32H,3-5,10-11,14-15H2,1-2H3,(H2,26,33)(H3,27,28,29,30). The predicted octanol–water partition coefficient (Wildman–Crippen LogP) is 4.17. The van der Waals surface area contributed by atoms with Gasteiger partial charge in [-0.1, -0.05) is 30.7 Å². The number of nitrogens with one attached hydrogen (secondary N) is 3. The van der Waals surface area contributed by atoms with Gasteiger partial charge in [-0.15, -0.1) is 0 Å². The van der Waals surface area contributed by atoms with Crippen LogP contribution in [0.15, 0.2) is 36.4 Å². The summed E-state index contributed by atoms with van der Waals surface area (Å²) in [4.78, 5) is 14.7.